The van der Waals surface area contributed by atoms with E-state index in [9.17, 15) is 23.3 Å². The molecule has 0 bridgehead atoms. The quantitative estimate of drug-likeness (QED) is 0.521. The third kappa shape index (κ3) is 3.92. The number of nitro groups is 1. The number of hydrogen-bond donors (Lipinski definition) is 1. The number of benzene rings is 1. The molecule has 1 unspecified atom stereocenters. The Labute approximate surface area is 157 Å². The fourth-order valence-electron chi connectivity index (χ4n) is 2.65. The number of aromatic nitrogens is 4. The van der Waals surface area contributed by atoms with Crippen LogP contribution >= 0.6 is 0 Å². The summed E-state index contributed by atoms with van der Waals surface area (Å²) in [6, 6.07) is 6.37. The minimum Gasteiger partial charge on any atom is -0.358 e. The summed E-state index contributed by atoms with van der Waals surface area (Å²) < 4.78 is 39.8. The van der Waals surface area contributed by atoms with Gasteiger partial charge in [-0.3, -0.25) is 10.1 Å². The van der Waals surface area contributed by atoms with Crippen molar-refractivity contribution in [2.45, 2.75) is 19.1 Å². The molecule has 0 fully saturated rings. The zero-order valence-corrected chi connectivity index (χ0v) is 14.8. The number of aryl methyl sites for hydroxylation is 1. The molecule has 0 radical (unpaired) electrons. The standard InChI is InChI=1S/C17H15F3N6O2/c1-10(23-15-13(26(27)28)7-21-9-22-15)11-3-5-12(6-4-11)16-24-14(8-25(16)2)17(18,19)20/h3-10H,1-2H3,(H,21,22,23). The molecule has 0 aliphatic rings. The van der Waals surface area contributed by atoms with Gasteiger partial charge in [-0.05, 0) is 12.5 Å². The van der Waals surface area contributed by atoms with Crippen LogP contribution in [0.2, 0.25) is 0 Å². The summed E-state index contributed by atoms with van der Waals surface area (Å²) in [5, 5.41) is 14.0. The molecule has 0 aliphatic heterocycles. The van der Waals surface area contributed by atoms with E-state index in [4.69, 9.17) is 0 Å². The highest BCUT2D eigenvalue weighted by Gasteiger charge is 2.34. The molecule has 0 aliphatic carbocycles. The molecule has 2 heterocycles. The average Bonchev–Trinajstić information content (AvgIpc) is 3.04. The maximum absolute atomic E-state index is 12.8. The molecule has 1 N–H and O–H groups in total. The van der Waals surface area contributed by atoms with E-state index in [1.807, 2.05) is 0 Å². The van der Waals surface area contributed by atoms with Gasteiger partial charge in [0.25, 0.3) is 0 Å². The Balaban J connectivity index is 1.82. The minimum atomic E-state index is -4.51. The van der Waals surface area contributed by atoms with E-state index in [-0.39, 0.29) is 23.4 Å². The maximum Gasteiger partial charge on any atom is 0.434 e. The van der Waals surface area contributed by atoms with E-state index < -0.39 is 16.8 Å². The van der Waals surface area contributed by atoms with Crippen LogP contribution in [0.5, 0.6) is 0 Å². The Morgan fingerprint density at radius 2 is 1.93 bits per heavy atom. The van der Waals surface area contributed by atoms with E-state index in [1.165, 1.54) is 17.9 Å². The lowest BCUT2D eigenvalue weighted by Crippen LogP contribution is -2.10. The van der Waals surface area contributed by atoms with Crippen LogP contribution in [-0.4, -0.2) is 24.4 Å². The van der Waals surface area contributed by atoms with Crippen LogP contribution in [0, 0.1) is 10.1 Å². The van der Waals surface area contributed by atoms with Crippen molar-refractivity contribution >= 4 is 11.5 Å². The van der Waals surface area contributed by atoms with Crippen LogP contribution in [0.3, 0.4) is 0 Å². The Hall–Kier alpha value is -3.50. The Bertz CT molecular complexity index is 1000. The third-order valence-electron chi connectivity index (χ3n) is 4.08. The van der Waals surface area contributed by atoms with Crippen molar-refractivity contribution in [3.05, 3.63) is 64.4 Å². The van der Waals surface area contributed by atoms with Crippen molar-refractivity contribution in [1.82, 2.24) is 19.5 Å². The zero-order chi connectivity index (χ0) is 20.5. The lowest BCUT2D eigenvalue weighted by atomic mass is 10.1. The topological polar surface area (TPSA) is 98.8 Å². The molecule has 1 aromatic carbocycles. The van der Waals surface area contributed by atoms with Gasteiger partial charge in [0.05, 0.1) is 11.0 Å². The summed E-state index contributed by atoms with van der Waals surface area (Å²) >= 11 is 0. The van der Waals surface area contributed by atoms with Crippen molar-refractivity contribution in [3.63, 3.8) is 0 Å². The molecule has 2 aromatic heterocycles. The second-order valence-corrected chi connectivity index (χ2v) is 6.06. The molecule has 0 saturated heterocycles. The number of nitrogens with one attached hydrogen (secondary N) is 1. The number of nitrogens with zero attached hydrogens (tertiary/aromatic N) is 5. The minimum absolute atomic E-state index is 0.0792. The molecule has 11 heteroatoms. The van der Waals surface area contributed by atoms with Gasteiger partial charge in [-0.2, -0.15) is 13.2 Å². The molecule has 1 atom stereocenters. The first kappa shape index (κ1) is 19.3. The highest BCUT2D eigenvalue weighted by atomic mass is 19.4. The van der Waals surface area contributed by atoms with Crippen molar-refractivity contribution in [2.75, 3.05) is 5.32 Å². The van der Waals surface area contributed by atoms with Crippen molar-refractivity contribution in [2.24, 2.45) is 7.05 Å². The largest absolute Gasteiger partial charge is 0.434 e. The monoisotopic (exact) mass is 392 g/mol. The molecule has 28 heavy (non-hydrogen) atoms. The summed E-state index contributed by atoms with van der Waals surface area (Å²) in [5.41, 5.74) is 0.0720. The fraction of sp³-hybridized carbons (Fsp3) is 0.235. The lowest BCUT2D eigenvalue weighted by Gasteiger charge is -2.15. The van der Waals surface area contributed by atoms with Crippen LogP contribution in [0.4, 0.5) is 24.7 Å². The fourth-order valence-corrected chi connectivity index (χ4v) is 2.65. The van der Waals surface area contributed by atoms with Crippen LogP contribution in [0.25, 0.3) is 11.4 Å². The number of hydrogen-bond acceptors (Lipinski definition) is 6. The molecular formula is C17H15F3N6O2. The number of alkyl halides is 3. The van der Waals surface area contributed by atoms with E-state index in [1.54, 1.807) is 31.2 Å². The highest BCUT2D eigenvalue weighted by Crippen LogP contribution is 2.31. The third-order valence-corrected chi connectivity index (χ3v) is 4.08. The van der Waals surface area contributed by atoms with Gasteiger partial charge in [0.1, 0.15) is 18.3 Å². The van der Waals surface area contributed by atoms with Gasteiger partial charge in [-0.25, -0.2) is 15.0 Å². The van der Waals surface area contributed by atoms with Crippen LogP contribution < -0.4 is 5.32 Å². The predicted molar refractivity (Wildman–Crippen MR) is 94.4 cm³/mol. The normalized spacial score (nSPS) is 12.6. The van der Waals surface area contributed by atoms with E-state index in [0.29, 0.717) is 5.56 Å². The smallest absolute Gasteiger partial charge is 0.358 e. The maximum atomic E-state index is 12.8. The van der Waals surface area contributed by atoms with Gasteiger partial charge in [0.15, 0.2) is 5.69 Å². The Kier molecular flexibility index (Phi) is 4.99. The summed E-state index contributed by atoms with van der Waals surface area (Å²) in [6.45, 7) is 1.78. The van der Waals surface area contributed by atoms with Crippen molar-refractivity contribution in [1.29, 1.82) is 0 Å². The van der Waals surface area contributed by atoms with Gasteiger partial charge in [-0.15, -0.1) is 0 Å². The molecule has 0 saturated carbocycles. The van der Waals surface area contributed by atoms with Crippen LogP contribution in [0.15, 0.2) is 43.0 Å². The van der Waals surface area contributed by atoms with Crippen LogP contribution in [0.1, 0.15) is 24.2 Å². The van der Waals surface area contributed by atoms with Gasteiger partial charge in [0.2, 0.25) is 5.82 Å². The van der Waals surface area contributed by atoms with E-state index in [2.05, 4.69) is 20.3 Å². The Morgan fingerprint density at radius 3 is 2.50 bits per heavy atom. The van der Waals surface area contributed by atoms with Gasteiger partial charge < -0.3 is 9.88 Å². The number of imidazole rings is 1. The first-order valence-corrected chi connectivity index (χ1v) is 8.08. The summed E-state index contributed by atoms with van der Waals surface area (Å²) in [4.78, 5) is 21.6. The highest BCUT2D eigenvalue weighted by molar-refractivity contribution is 5.58. The SMILES string of the molecule is CC(Nc1ncncc1[N+](=O)[O-])c1ccc(-c2nc(C(F)(F)F)cn2C)cc1. The molecule has 8 nitrogen and oxygen atoms in total. The van der Waals surface area contributed by atoms with E-state index >= 15 is 0 Å². The predicted octanol–water partition coefficient (Wildman–Crippen LogP) is 3.98. The van der Waals surface area contributed by atoms with Gasteiger partial charge >= 0.3 is 11.9 Å². The van der Waals surface area contributed by atoms with Crippen LogP contribution in [-0.2, 0) is 13.2 Å². The number of halogens is 3. The average molecular weight is 392 g/mol. The lowest BCUT2D eigenvalue weighted by molar-refractivity contribution is -0.384. The first-order valence-electron chi connectivity index (χ1n) is 8.08. The van der Waals surface area contributed by atoms with Gasteiger partial charge in [-0.1, -0.05) is 24.3 Å². The number of anilines is 1. The summed E-state index contributed by atoms with van der Waals surface area (Å²) in [6.07, 6.45) is -1.28. The molecule has 0 spiro atoms. The molecule has 3 aromatic rings. The van der Waals surface area contributed by atoms with Crippen molar-refractivity contribution < 1.29 is 18.1 Å². The summed E-state index contributed by atoms with van der Waals surface area (Å²) in [5.74, 6) is 0.265. The van der Waals surface area contributed by atoms with Gasteiger partial charge in [0, 0.05) is 18.8 Å². The second kappa shape index (κ2) is 7.25. The number of rotatable bonds is 5. The molecule has 146 valence electrons. The van der Waals surface area contributed by atoms with E-state index in [0.717, 1.165) is 18.0 Å². The molecular weight excluding hydrogens is 377 g/mol. The molecule has 3 rings (SSSR count). The zero-order valence-electron chi connectivity index (χ0n) is 14.8. The molecule has 0 amide bonds. The first-order chi connectivity index (χ1) is 13.2. The Morgan fingerprint density at radius 1 is 1.25 bits per heavy atom. The second-order valence-electron chi connectivity index (χ2n) is 6.06. The van der Waals surface area contributed by atoms with Crippen molar-refractivity contribution in [3.8, 4) is 11.4 Å². The summed E-state index contributed by atoms with van der Waals surface area (Å²) in [7, 11) is 1.49.